The van der Waals surface area contributed by atoms with Gasteiger partial charge in [-0.05, 0) is 268 Å². The molecule has 6 saturated carbocycles. The van der Waals surface area contributed by atoms with E-state index in [-0.39, 0.29) is 120 Å². The van der Waals surface area contributed by atoms with Crippen LogP contribution in [0.3, 0.4) is 0 Å². The highest BCUT2D eigenvalue weighted by molar-refractivity contribution is 5.72. The fourth-order valence-electron chi connectivity index (χ4n) is 20.5. The summed E-state index contributed by atoms with van der Waals surface area (Å²) in [5.74, 6) is 1.98. The second kappa shape index (κ2) is 38.0. The highest BCUT2D eigenvalue weighted by atomic mass is 16.6. The van der Waals surface area contributed by atoms with Gasteiger partial charge in [-0.25, -0.2) is 0 Å². The van der Waals surface area contributed by atoms with E-state index in [4.69, 9.17) is 37.9 Å². The van der Waals surface area contributed by atoms with Gasteiger partial charge < -0.3 is 58.3 Å². The van der Waals surface area contributed by atoms with Crippen molar-refractivity contribution >= 4 is 23.9 Å². The number of rotatable bonds is 30. The van der Waals surface area contributed by atoms with Gasteiger partial charge in [-0.1, -0.05) is 95.9 Å². The van der Waals surface area contributed by atoms with Gasteiger partial charge in [0.1, 0.15) is 22.4 Å². The van der Waals surface area contributed by atoms with Gasteiger partial charge in [0.25, 0.3) is 0 Å². The van der Waals surface area contributed by atoms with E-state index in [1.165, 1.54) is 44.9 Å². The number of hydrogen-bond acceptors (Lipinski definition) is 16. The van der Waals surface area contributed by atoms with Crippen LogP contribution in [0.4, 0.5) is 0 Å². The van der Waals surface area contributed by atoms with Crippen molar-refractivity contribution < 1.29 is 77.5 Å². The Bertz CT molecular complexity index is 2390. The fourth-order valence-corrected chi connectivity index (χ4v) is 20.5. The van der Waals surface area contributed by atoms with Gasteiger partial charge in [0, 0.05) is 11.8 Å². The van der Waals surface area contributed by atoms with Gasteiger partial charge in [0.05, 0.1) is 97.9 Å². The molecule has 2 bridgehead atoms. The smallest absolute Gasteiger partial charge is 0.309 e. The van der Waals surface area contributed by atoms with E-state index < -0.39 is 23.4 Å². The third-order valence-electron chi connectivity index (χ3n) is 26.4. The fraction of sp³-hybridized carbons (Fsp3) is 0.951. The van der Waals surface area contributed by atoms with E-state index in [1.54, 1.807) is 13.8 Å². The van der Waals surface area contributed by atoms with Gasteiger partial charge in [-0.15, -0.1) is 0 Å². The van der Waals surface area contributed by atoms with Crippen LogP contribution in [-0.4, -0.2) is 139 Å². The molecule has 10 fully saturated rings. The third-order valence-corrected chi connectivity index (χ3v) is 26.4. The molecule has 16 heteroatoms. The first kappa shape index (κ1) is 82.8. The van der Waals surface area contributed by atoms with Crippen molar-refractivity contribution in [3.05, 3.63) is 0 Å². The lowest BCUT2D eigenvalue weighted by Gasteiger charge is -2.36. The van der Waals surface area contributed by atoms with E-state index in [1.807, 2.05) is 0 Å². The Morgan fingerprint density at radius 2 is 1.00 bits per heavy atom. The molecule has 0 aromatic rings. The lowest BCUT2D eigenvalue weighted by Crippen LogP contribution is -2.44. The molecule has 10 aliphatic rings. The predicted octanol–water partition coefficient (Wildman–Crippen LogP) is 17.2. The number of aliphatic hydroxyl groups excluding tert-OH is 2. The van der Waals surface area contributed by atoms with Crippen molar-refractivity contribution in [1.29, 1.82) is 0 Å². The summed E-state index contributed by atoms with van der Waals surface area (Å²) < 4.78 is 47.9. The van der Waals surface area contributed by atoms with E-state index in [0.29, 0.717) is 54.6 Å². The second-order valence-electron chi connectivity index (χ2n) is 33.8. The zero-order valence-electron chi connectivity index (χ0n) is 64.4. The van der Waals surface area contributed by atoms with Crippen LogP contribution in [0.15, 0.2) is 0 Å². The number of carbonyl (C=O) groups excluding carboxylic acids is 4. The maximum absolute atomic E-state index is 12.8. The normalized spacial score (nSPS) is 34.7. The molecule has 4 saturated heterocycles. The molecule has 19 unspecified atom stereocenters. The average molecular weight is 1390 g/mol. The number of esters is 4. The molecule has 10 rings (SSSR count). The summed E-state index contributed by atoms with van der Waals surface area (Å²) in [4.78, 5) is 50.1. The maximum atomic E-state index is 12.8. The second-order valence-corrected chi connectivity index (χ2v) is 33.8. The minimum Gasteiger partial charge on any atom is -0.459 e. The Morgan fingerprint density at radius 1 is 0.490 bits per heavy atom. The summed E-state index contributed by atoms with van der Waals surface area (Å²) >= 11 is 0. The summed E-state index contributed by atoms with van der Waals surface area (Å²) in [6.45, 7) is 29.0. The zero-order valence-corrected chi connectivity index (χ0v) is 64.4. The van der Waals surface area contributed by atoms with Crippen molar-refractivity contribution in [1.82, 2.24) is 0 Å². The summed E-state index contributed by atoms with van der Waals surface area (Å²) in [6, 6.07) is 0. The van der Waals surface area contributed by atoms with Gasteiger partial charge in [0.2, 0.25) is 0 Å². The van der Waals surface area contributed by atoms with Crippen molar-refractivity contribution in [2.45, 2.75) is 448 Å². The van der Waals surface area contributed by atoms with Crippen molar-refractivity contribution in [3.8, 4) is 0 Å². The standard InChI is InChI=1S/C23H40O4.C21H36O4.C20H36O4.C18H32O4/c1-4-19-14-17(20(5-2)26-19)15-22(3,25)16-21(24)27-23(12-8-9-13-23)18-10-6-7-11-18;1-4-18-11-15(19(5-2)24-18)10-17(22)12-20(23)25-21(6-3)13-14-7-8-16(21)9-14;1-6-15-12-16(17(7-2)23-15)19(5,22)13-18(21)24-20(14(3)4)10-8-9-11-20;1-4-13-11-14(16(5-2)21-13)15(19)12-17(20)22-18(6-3)9-7-8-10-18/h17-20,25H,4-16H2,1-3H3;14-19,22H,4-13H2,1-3H3;14-17,22H,6-13H2,1-5H3;13-16,19H,4-12H2,1-3H3. The largest absolute Gasteiger partial charge is 0.459 e. The Balaban J connectivity index is 0.000000184. The first-order valence-corrected chi connectivity index (χ1v) is 40.9. The Morgan fingerprint density at radius 3 is 1.53 bits per heavy atom. The van der Waals surface area contributed by atoms with E-state index in [9.17, 15) is 39.6 Å². The number of fused-ring (bicyclic) bond motifs is 2. The topological polar surface area (TPSA) is 223 Å². The molecule has 4 aliphatic heterocycles. The molecule has 0 spiro atoms. The molecule has 0 aromatic heterocycles. The molecule has 6 aliphatic carbocycles. The van der Waals surface area contributed by atoms with E-state index >= 15 is 0 Å². The summed E-state index contributed by atoms with van der Waals surface area (Å²) in [7, 11) is 0. The molecule has 4 N–H and O–H groups in total. The molecule has 16 nitrogen and oxygen atoms in total. The third kappa shape index (κ3) is 22.1. The minimum absolute atomic E-state index is 0.00132. The van der Waals surface area contributed by atoms with Crippen molar-refractivity contribution in [2.75, 3.05) is 0 Å². The highest BCUT2D eigenvalue weighted by Gasteiger charge is 2.54. The Labute approximate surface area is 594 Å². The Hall–Kier alpha value is -2.44. The predicted molar refractivity (Wildman–Crippen MR) is 384 cm³/mol. The van der Waals surface area contributed by atoms with Crippen LogP contribution in [0, 0.1) is 47.3 Å². The number of carbonyl (C=O) groups is 4. The van der Waals surface area contributed by atoms with Gasteiger partial charge in [-0.2, -0.15) is 0 Å². The molecule has 98 heavy (non-hydrogen) atoms. The Kier molecular flexibility index (Phi) is 32.1. The summed E-state index contributed by atoms with van der Waals surface area (Å²) in [5, 5.41) is 42.9. The highest BCUT2D eigenvalue weighted by Crippen LogP contribution is 2.55. The van der Waals surface area contributed by atoms with Crippen LogP contribution in [0.2, 0.25) is 0 Å². The van der Waals surface area contributed by atoms with Crippen LogP contribution >= 0.6 is 0 Å². The molecule has 568 valence electrons. The van der Waals surface area contributed by atoms with Crippen LogP contribution in [-0.2, 0) is 57.1 Å². The monoisotopic (exact) mass is 1390 g/mol. The first-order chi connectivity index (χ1) is 46.6. The zero-order chi connectivity index (χ0) is 71.6. The molecule has 0 radical (unpaired) electrons. The van der Waals surface area contributed by atoms with Crippen LogP contribution in [0.5, 0.6) is 0 Å². The summed E-state index contributed by atoms with van der Waals surface area (Å²) in [5.41, 5.74) is -3.15. The summed E-state index contributed by atoms with van der Waals surface area (Å²) in [6.07, 6.45) is 37.4. The van der Waals surface area contributed by atoms with Crippen LogP contribution < -0.4 is 0 Å². The van der Waals surface area contributed by atoms with Crippen LogP contribution in [0.1, 0.15) is 354 Å². The first-order valence-electron chi connectivity index (χ1n) is 40.9. The maximum Gasteiger partial charge on any atom is 0.309 e. The van der Waals surface area contributed by atoms with Gasteiger partial charge in [-0.3, -0.25) is 19.2 Å². The molecular formula is C82H144O16. The number of hydrogen-bond donors (Lipinski definition) is 4. The lowest BCUT2D eigenvalue weighted by molar-refractivity contribution is -0.172. The SMILES string of the molecule is CCC1CC(C(C)(O)CC(=O)OC2(C(C)C)CCCC2)C(CC)O1.CCC1CC(C(O)CC(=O)OC2(CC)CCCC2)C(CC)O1.CCC1CC(CC(C)(O)CC(=O)OC2(C3CCCC3)CCCC2)C(CC)O1.CCC1CC(CC(O)CC(=O)OC2(CC)CC3CCC2C3)C(CC)O1. The quantitative estimate of drug-likeness (QED) is 0.0388. The molecule has 19 atom stereocenters. The molecular weight excluding hydrogens is 1240 g/mol. The molecule has 4 heterocycles. The molecule has 0 aromatic carbocycles. The number of aliphatic hydroxyl groups is 4. The lowest BCUT2D eigenvalue weighted by atomic mass is 9.79. The number of ether oxygens (including phenoxy) is 8. The van der Waals surface area contributed by atoms with Crippen molar-refractivity contribution in [2.24, 2.45) is 47.3 Å². The van der Waals surface area contributed by atoms with Crippen LogP contribution in [0.25, 0.3) is 0 Å². The van der Waals surface area contributed by atoms with Gasteiger partial charge in [0.15, 0.2) is 0 Å². The van der Waals surface area contributed by atoms with E-state index in [2.05, 4.69) is 83.1 Å². The van der Waals surface area contributed by atoms with Gasteiger partial charge >= 0.3 is 23.9 Å². The minimum atomic E-state index is -1.07. The van der Waals surface area contributed by atoms with E-state index in [0.717, 1.165) is 179 Å². The van der Waals surface area contributed by atoms with Crippen molar-refractivity contribution in [3.63, 3.8) is 0 Å². The average Bonchev–Trinajstić information content (AvgIpc) is 1.63. The molecule has 0 amide bonds.